The number of fused-ring (bicyclic) bond motifs is 2. The Bertz CT molecular complexity index is 980. The standard InChI is InChI=1S/C16H15N5O2S/c1-9-6-10-4-2-3-5-12(10)21(9)13(22)8-24-16-18-14-11(7-17-20-14)15(23)19-16/h2-5,7,9H,6,8H2,1H3,(H2,17,18,19,20,23)/t9-/m0/s1. The summed E-state index contributed by atoms with van der Waals surface area (Å²) in [7, 11) is 0. The van der Waals surface area contributed by atoms with Crippen molar-refractivity contribution in [2.75, 3.05) is 10.7 Å². The van der Waals surface area contributed by atoms with E-state index in [0.29, 0.717) is 16.2 Å². The van der Waals surface area contributed by atoms with E-state index in [2.05, 4.69) is 26.2 Å². The highest BCUT2D eigenvalue weighted by molar-refractivity contribution is 7.99. The molecule has 0 radical (unpaired) electrons. The summed E-state index contributed by atoms with van der Waals surface area (Å²) in [5.74, 6) is 0.214. The van der Waals surface area contributed by atoms with Crippen molar-refractivity contribution in [2.45, 2.75) is 24.5 Å². The molecule has 8 heteroatoms. The van der Waals surface area contributed by atoms with Gasteiger partial charge in [-0.05, 0) is 25.0 Å². The Kier molecular flexibility index (Phi) is 3.61. The number of para-hydroxylation sites is 1. The Morgan fingerprint density at radius 2 is 2.25 bits per heavy atom. The number of thioether (sulfide) groups is 1. The van der Waals surface area contributed by atoms with Crippen molar-refractivity contribution in [1.82, 2.24) is 20.2 Å². The van der Waals surface area contributed by atoms with Gasteiger partial charge in [0.1, 0.15) is 5.39 Å². The predicted molar refractivity (Wildman–Crippen MR) is 92.3 cm³/mol. The number of aromatic amines is 2. The molecule has 0 saturated heterocycles. The molecule has 2 aromatic heterocycles. The Balaban J connectivity index is 1.53. The zero-order chi connectivity index (χ0) is 16.7. The van der Waals surface area contributed by atoms with Crippen molar-refractivity contribution < 1.29 is 4.79 Å². The Labute approximate surface area is 141 Å². The van der Waals surface area contributed by atoms with Gasteiger partial charge >= 0.3 is 0 Å². The molecule has 3 heterocycles. The van der Waals surface area contributed by atoms with Gasteiger partial charge in [-0.25, -0.2) is 4.98 Å². The van der Waals surface area contributed by atoms with Gasteiger partial charge in [-0.3, -0.25) is 14.7 Å². The van der Waals surface area contributed by atoms with Crippen LogP contribution in [0, 0.1) is 0 Å². The molecule has 0 bridgehead atoms. The molecule has 1 atom stereocenters. The number of H-pyrrole nitrogens is 2. The van der Waals surface area contributed by atoms with Crippen LogP contribution in [0.3, 0.4) is 0 Å². The van der Waals surface area contributed by atoms with E-state index in [1.165, 1.54) is 23.5 Å². The number of anilines is 1. The molecule has 4 rings (SSSR count). The van der Waals surface area contributed by atoms with E-state index in [-0.39, 0.29) is 23.3 Å². The third-order valence-electron chi connectivity index (χ3n) is 4.11. The SMILES string of the molecule is C[C@H]1Cc2ccccc2N1C(=O)CSc1nc2[nH]ncc2c(=O)[nH]1. The number of carbonyl (C=O) groups excluding carboxylic acids is 1. The Hall–Kier alpha value is -2.61. The van der Waals surface area contributed by atoms with Crippen LogP contribution in [0.25, 0.3) is 11.0 Å². The molecule has 24 heavy (non-hydrogen) atoms. The van der Waals surface area contributed by atoms with Crippen molar-refractivity contribution in [1.29, 1.82) is 0 Å². The lowest BCUT2D eigenvalue weighted by Gasteiger charge is -2.22. The van der Waals surface area contributed by atoms with Gasteiger partial charge in [0.25, 0.3) is 5.56 Å². The molecule has 1 amide bonds. The van der Waals surface area contributed by atoms with E-state index < -0.39 is 0 Å². The molecule has 2 N–H and O–H groups in total. The summed E-state index contributed by atoms with van der Waals surface area (Å²) in [6.07, 6.45) is 2.30. The minimum absolute atomic E-state index is 0.00445. The largest absolute Gasteiger partial charge is 0.308 e. The van der Waals surface area contributed by atoms with Crippen molar-refractivity contribution in [2.24, 2.45) is 0 Å². The second kappa shape index (κ2) is 5.79. The maximum absolute atomic E-state index is 12.7. The fraction of sp³-hybridized carbons (Fsp3) is 0.250. The number of carbonyl (C=O) groups is 1. The van der Waals surface area contributed by atoms with Gasteiger partial charge in [0, 0.05) is 11.7 Å². The molecule has 1 aliphatic rings. The number of benzene rings is 1. The van der Waals surface area contributed by atoms with Crippen molar-refractivity contribution in [3.05, 3.63) is 46.4 Å². The highest BCUT2D eigenvalue weighted by Gasteiger charge is 2.30. The molecule has 1 aromatic carbocycles. The van der Waals surface area contributed by atoms with Gasteiger partial charge in [-0.2, -0.15) is 5.10 Å². The van der Waals surface area contributed by atoms with Gasteiger partial charge in [0.15, 0.2) is 10.8 Å². The van der Waals surface area contributed by atoms with Crippen molar-refractivity contribution in [3.63, 3.8) is 0 Å². The molecule has 3 aromatic rings. The number of hydrogen-bond donors (Lipinski definition) is 2. The summed E-state index contributed by atoms with van der Waals surface area (Å²) >= 11 is 1.22. The lowest BCUT2D eigenvalue weighted by Crippen LogP contribution is -2.37. The second-order valence-corrected chi connectivity index (χ2v) is 6.70. The van der Waals surface area contributed by atoms with Crippen LogP contribution in [0.15, 0.2) is 40.4 Å². The van der Waals surface area contributed by atoms with E-state index in [0.717, 1.165) is 12.1 Å². The average Bonchev–Trinajstić information content (AvgIpc) is 3.16. The van der Waals surface area contributed by atoms with E-state index in [4.69, 9.17) is 0 Å². The molecule has 0 unspecified atom stereocenters. The van der Waals surface area contributed by atoms with Gasteiger partial charge in [0.2, 0.25) is 5.91 Å². The van der Waals surface area contributed by atoms with Gasteiger partial charge in [-0.1, -0.05) is 30.0 Å². The van der Waals surface area contributed by atoms with Gasteiger partial charge in [0.05, 0.1) is 11.9 Å². The summed E-state index contributed by atoms with van der Waals surface area (Å²) < 4.78 is 0. The third kappa shape index (κ3) is 2.48. The molecule has 1 aliphatic heterocycles. The van der Waals surface area contributed by atoms with Crippen LogP contribution in [0.4, 0.5) is 5.69 Å². The minimum Gasteiger partial charge on any atom is -0.308 e. The molecular weight excluding hydrogens is 326 g/mol. The average molecular weight is 341 g/mol. The van der Waals surface area contributed by atoms with Gasteiger partial charge < -0.3 is 9.88 Å². The summed E-state index contributed by atoms with van der Waals surface area (Å²) in [6, 6.07) is 8.09. The first-order valence-corrected chi connectivity index (χ1v) is 8.58. The van der Waals surface area contributed by atoms with Crippen molar-refractivity contribution >= 4 is 34.4 Å². The van der Waals surface area contributed by atoms with Crippen LogP contribution in [-0.4, -0.2) is 37.9 Å². The first kappa shape index (κ1) is 14.9. The molecule has 0 fully saturated rings. The van der Waals surface area contributed by atoms with Crippen LogP contribution in [-0.2, 0) is 11.2 Å². The van der Waals surface area contributed by atoms with E-state index in [9.17, 15) is 9.59 Å². The highest BCUT2D eigenvalue weighted by atomic mass is 32.2. The first-order valence-electron chi connectivity index (χ1n) is 7.59. The second-order valence-electron chi connectivity index (χ2n) is 5.74. The number of amides is 1. The Morgan fingerprint density at radius 3 is 3.12 bits per heavy atom. The predicted octanol–water partition coefficient (Wildman–Crippen LogP) is 1.72. The summed E-state index contributed by atoms with van der Waals surface area (Å²) in [5, 5.41) is 7.30. The summed E-state index contributed by atoms with van der Waals surface area (Å²) in [6.45, 7) is 2.04. The normalized spacial score (nSPS) is 16.5. The van der Waals surface area contributed by atoms with E-state index in [1.807, 2.05) is 30.0 Å². The number of nitrogens with one attached hydrogen (secondary N) is 2. The number of aromatic nitrogens is 4. The smallest absolute Gasteiger partial charge is 0.262 e. The van der Waals surface area contributed by atoms with Crippen LogP contribution in [0.5, 0.6) is 0 Å². The van der Waals surface area contributed by atoms with Crippen LogP contribution in [0.1, 0.15) is 12.5 Å². The third-order valence-corrected chi connectivity index (χ3v) is 4.96. The fourth-order valence-corrected chi connectivity index (χ4v) is 3.76. The van der Waals surface area contributed by atoms with Crippen molar-refractivity contribution in [3.8, 4) is 0 Å². The Morgan fingerprint density at radius 1 is 1.42 bits per heavy atom. The highest BCUT2D eigenvalue weighted by Crippen LogP contribution is 2.32. The molecule has 0 aliphatic carbocycles. The topological polar surface area (TPSA) is 94.7 Å². The zero-order valence-corrected chi connectivity index (χ0v) is 13.8. The van der Waals surface area contributed by atoms with Gasteiger partial charge in [-0.15, -0.1) is 0 Å². The van der Waals surface area contributed by atoms with E-state index >= 15 is 0 Å². The van der Waals surface area contributed by atoms with Crippen LogP contribution in [0.2, 0.25) is 0 Å². The molecule has 0 saturated carbocycles. The molecular formula is C16H15N5O2S. The fourth-order valence-electron chi connectivity index (χ4n) is 3.04. The summed E-state index contributed by atoms with van der Waals surface area (Å²) in [4.78, 5) is 33.4. The monoisotopic (exact) mass is 341 g/mol. The minimum atomic E-state index is -0.261. The maximum atomic E-state index is 12.7. The lowest BCUT2D eigenvalue weighted by molar-refractivity contribution is -0.116. The lowest BCUT2D eigenvalue weighted by atomic mass is 10.1. The maximum Gasteiger partial charge on any atom is 0.262 e. The number of hydrogen-bond acceptors (Lipinski definition) is 5. The number of rotatable bonds is 3. The van der Waals surface area contributed by atoms with E-state index in [1.54, 1.807) is 0 Å². The molecule has 122 valence electrons. The zero-order valence-electron chi connectivity index (χ0n) is 12.9. The quantitative estimate of drug-likeness (QED) is 0.559. The molecule has 7 nitrogen and oxygen atoms in total. The van der Waals surface area contributed by atoms with Crippen LogP contribution < -0.4 is 10.5 Å². The first-order chi connectivity index (χ1) is 11.6. The summed E-state index contributed by atoms with van der Waals surface area (Å²) in [5.41, 5.74) is 2.33. The molecule has 0 spiro atoms. The number of nitrogens with zero attached hydrogens (tertiary/aromatic N) is 3. The van der Waals surface area contributed by atoms with Crippen LogP contribution >= 0.6 is 11.8 Å².